The summed E-state index contributed by atoms with van der Waals surface area (Å²) in [5, 5.41) is 0. The first kappa shape index (κ1) is 17.1. The van der Waals surface area contributed by atoms with Gasteiger partial charge in [0, 0.05) is 18.7 Å². The molecule has 0 radical (unpaired) electrons. The van der Waals surface area contributed by atoms with E-state index >= 15 is 0 Å². The van der Waals surface area contributed by atoms with Gasteiger partial charge in [-0.1, -0.05) is 0 Å². The molecule has 138 valence electrons. The summed E-state index contributed by atoms with van der Waals surface area (Å²) < 4.78 is 37.9. The molecular weight excluding hydrogens is 340 g/mol. The molecule has 0 N–H and O–H groups in total. The maximum absolute atomic E-state index is 13.8. The SMILES string of the molecule is C[C@@H](c1ccc2c(n1)OCCO2)N1CC[C@H](Cc2ncc(F)cc2F)C1. The van der Waals surface area contributed by atoms with Crippen molar-refractivity contribution in [3.63, 3.8) is 0 Å². The minimum Gasteiger partial charge on any atom is -0.484 e. The Morgan fingerprint density at radius 3 is 2.96 bits per heavy atom. The van der Waals surface area contributed by atoms with E-state index in [1.54, 1.807) is 0 Å². The Morgan fingerprint density at radius 1 is 1.27 bits per heavy atom. The monoisotopic (exact) mass is 361 g/mol. The van der Waals surface area contributed by atoms with Gasteiger partial charge in [-0.25, -0.2) is 13.8 Å². The van der Waals surface area contributed by atoms with Crippen molar-refractivity contribution >= 4 is 0 Å². The summed E-state index contributed by atoms with van der Waals surface area (Å²) in [7, 11) is 0. The Morgan fingerprint density at radius 2 is 2.12 bits per heavy atom. The van der Waals surface area contributed by atoms with Gasteiger partial charge in [0.2, 0.25) is 0 Å². The molecule has 0 amide bonds. The van der Waals surface area contributed by atoms with Crippen LogP contribution in [0.15, 0.2) is 24.4 Å². The number of ether oxygens (including phenoxy) is 2. The fraction of sp³-hybridized carbons (Fsp3) is 0.474. The maximum Gasteiger partial charge on any atom is 0.257 e. The van der Waals surface area contributed by atoms with E-state index in [1.807, 2.05) is 12.1 Å². The van der Waals surface area contributed by atoms with Gasteiger partial charge in [0.05, 0.1) is 17.6 Å². The zero-order valence-corrected chi connectivity index (χ0v) is 14.6. The van der Waals surface area contributed by atoms with Crippen LogP contribution in [-0.4, -0.2) is 41.2 Å². The lowest BCUT2D eigenvalue weighted by molar-refractivity contribution is 0.162. The van der Waals surface area contributed by atoms with Crippen LogP contribution in [0.1, 0.15) is 30.8 Å². The summed E-state index contributed by atoms with van der Waals surface area (Å²) in [6.45, 7) is 4.91. The fourth-order valence-corrected chi connectivity index (χ4v) is 3.61. The van der Waals surface area contributed by atoms with Crippen LogP contribution in [0.4, 0.5) is 8.78 Å². The molecule has 0 bridgehead atoms. The van der Waals surface area contributed by atoms with Gasteiger partial charge in [-0.05, 0) is 44.4 Å². The van der Waals surface area contributed by atoms with E-state index in [-0.39, 0.29) is 6.04 Å². The second-order valence-electron chi connectivity index (χ2n) is 6.85. The molecule has 2 aliphatic heterocycles. The molecule has 5 nitrogen and oxygen atoms in total. The Balaban J connectivity index is 1.41. The molecule has 1 fully saturated rings. The highest BCUT2D eigenvalue weighted by Crippen LogP contribution is 2.33. The van der Waals surface area contributed by atoms with E-state index in [2.05, 4.69) is 21.8 Å². The van der Waals surface area contributed by atoms with Crippen LogP contribution in [-0.2, 0) is 6.42 Å². The number of rotatable bonds is 4. The first-order valence-corrected chi connectivity index (χ1v) is 8.90. The predicted molar refractivity (Wildman–Crippen MR) is 91.2 cm³/mol. The van der Waals surface area contributed by atoms with Crippen LogP contribution in [0, 0.1) is 17.6 Å². The molecule has 2 aromatic rings. The van der Waals surface area contributed by atoms with Gasteiger partial charge >= 0.3 is 0 Å². The minimum atomic E-state index is -0.641. The highest BCUT2D eigenvalue weighted by Gasteiger charge is 2.29. The largest absolute Gasteiger partial charge is 0.484 e. The zero-order chi connectivity index (χ0) is 18.1. The highest BCUT2D eigenvalue weighted by molar-refractivity contribution is 5.36. The minimum absolute atomic E-state index is 0.127. The van der Waals surface area contributed by atoms with Gasteiger partial charge in [-0.15, -0.1) is 0 Å². The molecule has 1 saturated heterocycles. The number of halogens is 2. The molecule has 7 heteroatoms. The Labute approximate surface area is 151 Å². The smallest absolute Gasteiger partial charge is 0.257 e. The summed E-state index contributed by atoms with van der Waals surface area (Å²) in [6.07, 6.45) is 2.55. The number of pyridine rings is 2. The van der Waals surface area contributed by atoms with Crippen molar-refractivity contribution in [3.05, 3.63) is 47.4 Å². The maximum atomic E-state index is 13.8. The van der Waals surface area contributed by atoms with Crippen molar-refractivity contribution in [3.8, 4) is 11.6 Å². The van der Waals surface area contributed by atoms with Gasteiger partial charge < -0.3 is 9.47 Å². The van der Waals surface area contributed by atoms with E-state index in [0.29, 0.717) is 42.9 Å². The lowest BCUT2D eigenvalue weighted by atomic mass is 10.0. The summed E-state index contributed by atoms with van der Waals surface area (Å²) in [5.74, 6) is 0.322. The second-order valence-corrected chi connectivity index (χ2v) is 6.85. The molecule has 0 saturated carbocycles. The van der Waals surface area contributed by atoms with Gasteiger partial charge in [0.15, 0.2) is 5.75 Å². The number of nitrogens with zero attached hydrogens (tertiary/aromatic N) is 3. The average Bonchev–Trinajstić information content (AvgIpc) is 3.11. The first-order valence-electron chi connectivity index (χ1n) is 8.90. The molecule has 0 aliphatic carbocycles. The van der Waals surface area contributed by atoms with Crippen molar-refractivity contribution in [2.24, 2.45) is 5.92 Å². The number of likely N-dealkylation sites (tertiary alicyclic amines) is 1. The average molecular weight is 361 g/mol. The standard InChI is InChI=1S/C19H21F2N3O2/c1-12(16-2-3-18-19(23-16)26-7-6-25-18)24-5-4-13(11-24)8-17-15(21)9-14(20)10-22-17/h2-3,9-10,12-13H,4-8,11H2,1H3/t12-,13+/m0/s1. The van der Waals surface area contributed by atoms with Crippen LogP contribution >= 0.6 is 0 Å². The van der Waals surface area contributed by atoms with Crippen LogP contribution in [0.3, 0.4) is 0 Å². The third-order valence-electron chi connectivity index (χ3n) is 5.09. The van der Waals surface area contributed by atoms with Crippen LogP contribution < -0.4 is 9.47 Å². The van der Waals surface area contributed by atoms with Crippen molar-refractivity contribution in [2.45, 2.75) is 25.8 Å². The van der Waals surface area contributed by atoms with E-state index in [4.69, 9.17) is 9.47 Å². The highest BCUT2D eigenvalue weighted by atomic mass is 19.1. The number of aromatic nitrogens is 2. The van der Waals surface area contributed by atoms with Gasteiger partial charge in [-0.3, -0.25) is 9.88 Å². The van der Waals surface area contributed by atoms with Crippen molar-refractivity contribution in [2.75, 3.05) is 26.3 Å². The van der Waals surface area contributed by atoms with E-state index in [0.717, 1.165) is 37.5 Å². The molecule has 2 aliphatic rings. The second kappa shape index (κ2) is 7.15. The quantitative estimate of drug-likeness (QED) is 0.837. The molecular formula is C19H21F2N3O2. The van der Waals surface area contributed by atoms with Gasteiger partial charge in [0.1, 0.15) is 24.8 Å². The number of hydrogen-bond donors (Lipinski definition) is 0. The van der Waals surface area contributed by atoms with Gasteiger partial charge in [0.25, 0.3) is 5.88 Å². The lowest BCUT2D eigenvalue weighted by Crippen LogP contribution is -2.26. The van der Waals surface area contributed by atoms with Crippen LogP contribution in [0.25, 0.3) is 0 Å². The number of fused-ring (bicyclic) bond motifs is 1. The van der Waals surface area contributed by atoms with E-state index in [1.165, 1.54) is 0 Å². The topological polar surface area (TPSA) is 47.5 Å². The van der Waals surface area contributed by atoms with E-state index in [9.17, 15) is 8.78 Å². The first-order chi connectivity index (χ1) is 12.6. The zero-order valence-electron chi connectivity index (χ0n) is 14.6. The van der Waals surface area contributed by atoms with Crippen molar-refractivity contribution in [1.82, 2.24) is 14.9 Å². The summed E-state index contributed by atoms with van der Waals surface area (Å²) in [6, 6.07) is 4.89. The predicted octanol–water partition coefficient (Wildman–Crippen LogP) is 3.15. The normalized spacial score (nSPS) is 21.0. The van der Waals surface area contributed by atoms with Crippen molar-refractivity contribution < 1.29 is 18.3 Å². The Hall–Kier alpha value is -2.28. The molecule has 4 heterocycles. The Bertz CT molecular complexity index is 802. The third kappa shape index (κ3) is 3.49. The third-order valence-corrected chi connectivity index (χ3v) is 5.09. The Kier molecular flexibility index (Phi) is 4.72. The lowest BCUT2D eigenvalue weighted by Gasteiger charge is -2.25. The molecule has 0 aromatic carbocycles. The number of hydrogen-bond acceptors (Lipinski definition) is 5. The molecule has 0 spiro atoms. The van der Waals surface area contributed by atoms with Gasteiger partial charge in [-0.2, -0.15) is 0 Å². The van der Waals surface area contributed by atoms with Crippen molar-refractivity contribution in [1.29, 1.82) is 0 Å². The molecule has 26 heavy (non-hydrogen) atoms. The summed E-state index contributed by atoms with van der Waals surface area (Å²) in [4.78, 5) is 10.8. The van der Waals surface area contributed by atoms with Crippen LogP contribution in [0.5, 0.6) is 11.6 Å². The summed E-state index contributed by atoms with van der Waals surface area (Å²) in [5.41, 5.74) is 1.27. The fourth-order valence-electron chi connectivity index (χ4n) is 3.61. The van der Waals surface area contributed by atoms with Crippen LogP contribution in [0.2, 0.25) is 0 Å². The molecule has 4 rings (SSSR count). The summed E-state index contributed by atoms with van der Waals surface area (Å²) >= 11 is 0. The molecule has 2 aromatic heterocycles. The molecule has 0 unspecified atom stereocenters. The molecule has 2 atom stereocenters. The van der Waals surface area contributed by atoms with E-state index < -0.39 is 11.6 Å².